The Morgan fingerprint density at radius 3 is 1.45 bits per heavy atom. The van der Waals surface area contributed by atoms with Gasteiger partial charge in [0.2, 0.25) is 0 Å². The van der Waals surface area contributed by atoms with Crippen LogP contribution in [0.25, 0.3) is 0 Å². The van der Waals surface area contributed by atoms with E-state index in [2.05, 4.69) is 19.4 Å². The molecule has 2 heterocycles. The van der Waals surface area contributed by atoms with Crippen molar-refractivity contribution in [1.82, 2.24) is 0 Å². The van der Waals surface area contributed by atoms with Crippen LogP contribution in [0.2, 0.25) is 0 Å². The minimum atomic E-state index is 0. The van der Waals surface area contributed by atoms with Crippen molar-refractivity contribution in [3.05, 3.63) is 60.2 Å². The molecule has 7 heteroatoms. The largest absolute Gasteiger partial charge is 1.00 e. The molecule has 116 valence electrons. The van der Waals surface area contributed by atoms with Crippen LogP contribution in [0.1, 0.15) is 17.5 Å². The van der Waals surface area contributed by atoms with E-state index >= 15 is 0 Å². The number of oxime groups is 2. The molecule has 0 radical (unpaired) electrons. The number of aromatic nitrogens is 2. The molecule has 0 aromatic carbocycles. The summed E-state index contributed by atoms with van der Waals surface area (Å²) in [7, 11) is 0. The van der Waals surface area contributed by atoms with Gasteiger partial charge in [0.1, 0.15) is 0 Å². The highest BCUT2D eigenvalue weighted by Crippen LogP contribution is 1.92. The van der Waals surface area contributed by atoms with Crippen molar-refractivity contribution < 1.29 is 36.5 Å². The monoisotopic (exact) mass is 365 g/mol. The van der Waals surface area contributed by atoms with Crippen molar-refractivity contribution in [1.29, 1.82) is 0 Å². The Morgan fingerprint density at radius 1 is 0.773 bits per heavy atom. The SMILES string of the molecule is ON=Cc1cc[n+](CCC[n+]2ccc(C=NO)cc2)cc1.[Br-]. The van der Waals surface area contributed by atoms with Crippen molar-refractivity contribution >= 4 is 12.4 Å². The minimum absolute atomic E-state index is 0. The molecule has 2 aromatic heterocycles. The number of rotatable bonds is 6. The van der Waals surface area contributed by atoms with E-state index in [1.807, 2.05) is 49.1 Å². The van der Waals surface area contributed by atoms with Gasteiger partial charge in [-0.05, 0) is 0 Å². The van der Waals surface area contributed by atoms with Crippen LogP contribution in [0.3, 0.4) is 0 Å². The molecule has 0 fully saturated rings. The van der Waals surface area contributed by atoms with E-state index in [-0.39, 0.29) is 17.0 Å². The Morgan fingerprint density at radius 2 is 1.14 bits per heavy atom. The summed E-state index contributed by atoms with van der Waals surface area (Å²) in [5, 5.41) is 22.9. The zero-order chi connectivity index (χ0) is 14.9. The van der Waals surface area contributed by atoms with Crippen LogP contribution >= 0.6 is 0 Å². The number of pyridine rings is 2. The molecular formula is C15H18BrN4O2+. The summed E-state index contributed by atoms with van der Waals surface area (Å²) < 4.78 is 4.17. The Labute approximate surface area is 139 Å². The molecule has 6 nitrogen and oxygen atoms in total. The lowest BCUT2D eigenvalue weighted by atomic mass is 10.3. The average molecular weight is 366 g/mol. The molecule has 0 aliphatic rings. The van der Waals surface area contributed by atoms with Gasteiger partial charge >= 0.3 is 0 Å². The first-order valence-electron chi connectivity index (χ1n) is 6.65. The third kappa shape index (κ3) is 5.61. The van der Waals surface area contributed by atoms with Gasteiger partial charge < -0.3 is 27.4 Å². The summed E-state index contributed by atoms with van der Waals surface area (Å²) >= 11 is 0. The van der Waals surface area contributed by atoms with Crippen molar-refractivity contribution in [2.75, 3.05) is 0 Å². The molecule has 0 saturated carbocycles. The highest BCUT2D eigenvalue weighted by molar-refractivity contribution is 5.78. The molecule has 2 rings (SSSR count). The number of hydrogen-bond acceptors (Lipinski definition) is 4. The molecule has 0 atom stereocenters. The topological polar surface area (TPSA) is 72.9 Å². The van der Waals surface area contributed by atoms with Gasteiger partial charge in [-0.3, -0.25) is 0 Å². The maximum absolute atomic E-state index is 8.45. The third-order valence-corrected chi connectivity index (χ3v) is 3.08. The lowest BCUT2D eigenvalue weighted by Crippen LogP contribution is -3.00. The summed E-state index contributed by atoms with van der Waals surface area (Å²) in [5.74, 6) is 0. The van der Waals surface area contributed by atoms with Gasteiger partial charge in [0, 0.05) is 35.4 Å². The summed E-state index contributed by atoms with van der Waals surface area (Å²) in [6.07, 6.45) is 11.6. The summed E-state index contributed by atoms with van der Waals surface area (Å²) in [5.41, 5.74) is 1.73. The van der Waals surface area contributed by atoms with Gasteiger partial charge in [-0.25, -0.2) is 9.13 Å². The van der Waals surface area contributed by atoms with Gasteiger partial charge in [-0.2, -0.15) is 0 Å². The lowest BCUT2D eigenvalue weighted by Gasteiger charge is -1.97. The van der Waals surface area contributed by atoms with E-state index in [1.54, 1.807) is 0 Å². The number of nitrogens with zero attached hydrogens (tertiary/aromatic N) is 4. The fraction of sp³-hybridized carbons (Fsp3) is 0.200. The number of halogens is 1. The molecule has 0 unspecified atom stereocenters. The van der Waals surface area contributed by atoms with Crippen LogP contribution in [0.4, 0.5) is 0 Å². The molecule has 2 N–H and O–H groups in total. The van der Waals surface area contributed by atoms with E-state index in [0.717, 1.165) is 30.6 Å². The van der Waals surface area contributed by atoms with E-state index in [4.69, 9.17) is 10.4 Å². The van der Waals surface area contributed by atoms with Crippen LogP contribution in [-0.4, -0.2) is 22.8 Å². The fourth-order valence-electron chi connectivity index (χ4n) is 1.98. The molecule has 0 aliphatic heterocycles. The predicted octanol–water partition coefficient (Wildman–Crippen LogP) is -2.03. The Hall–Kier alpha value is -2.28. The van der Waals surface area contributed by atoms with Crippen molar-refractivity contribution in [3.8, 4) is 0 Å². The first kappa shape index (κ1) is 17.8. The summed E-state index contributed by atoms with van der Waals surface area (Å²) in [4.78, 5) is 0. The first-order chi connectivity index (χ1) is 10.3. The van der Waals surface area contributed by atoms with Crippen molar-refractivity contribution in [3.63, 3.8) is 0 Å². The Kier molecular flexibility index (Phi) is 7.77. The molecule has 22 heavy (non-hydrogen) atoms. The predicted molar refractivity (Wildman–Crippen MR) is 76.7 cm³/mol. The van der Waals surface area contributed by atoms with Crippen LogP contribution < -0.4 is 26.1 Å². The number of aryl methyl sites for hydroxylation is 2. The maximum Gasteiger partial charge on any atom is 0.169 e. The third-order valence-electron chi connectivity index (χ3n) is 3.08. The van der Waals surface area contributed by atoms with Crippen LogP contribution in [-0.2, 0) is 13.1 Å². The average Bonchev–Trinajstić information content (AvgIpc) is 2.51. The lowest BCUT2D eigenvalue weighted by molar-refractivity contribution is -0.726. The summed E-state index contributed by atoms with van der Waals surface area (Å²) in [6, 6.07) is 7.59. The second kappa shape index (κ2) is 9.62. The normalized spacial score (nSPS) is 10.9. The van der Waals surface area contributed by atoms with E-state index in [1.165, 1.54) is 12.4 Å². The smallest absolute Gasteiger partial charge is 0.169 e. The van der Waals surface area contributed by atoms with Crippen LogP contribution in [0.15, 0.2) is 59.4 Å². The van der Waals surface area contributed by atoms with Gasteiger partial charge in [-0.15, -0.1) is 0 Å². The molecule has 2 aromatic rings. The van der Waals surface area contributed by atoms with Crippen molar-refractivity contribution in [2.24, 2.45) is 10.3 Å². The zero-order valence-electron chi connectivity index (χ0n) is 12.0. The van der Waals surface area contributed by atoms with E-state index < -0.39 is 0 Å². The van der Waals surface area contributed by atoms with E-state index in [0.29, 0.717) is 0 Å². The minimum Gasteiger partial charge on any atom is -1.00 e. The molecular weight excluding hydrogens is 348 g/mol. The molecule has 0 spiro atoms. The fourth-order valence-corrected chi connectivity index (χ4v) is 1.98. The Balaban J connectivity index is 0.00000242. The maximum atomic E-state index is 8.45. The first-order valence-corrected chi connectivity index (χ1v) is 6.65. The quantitative estimate of drug-likeness (QED) is 0.268. The zero-order valence-corrected chi connectivity index (χ0v) is 13.5. The van der Waals surface area contributed by atoms with Gasteiger partial charge in [0.25, 0.3) is 0 Å². The molecule has 0 saturated heterocycles. The standard InChI is InChI=1S/C15H16N4O2.BrH/c20-16-12-14-2-8-18(9-3-14)6-1-7-19-10-4-15(5-11-19)13-17-21;/h2-5,8-13H,1,6-7H2;1H/p+1. The van der Waals surface area contributed by atoms with E-state index in [9.17, 15) is 0 Å². The van der Waals surface area contributed by atoms with Gasteiger partial charge in [0.15, 0.2) is 37.9 Å². The second-order valence-electron chi connectivity index (χ2n) is 4.58. The number of hydrogen-bond donors (Lipinski definition) is 2. The Bertz CT molecular complexity index is 557. The highest BCUT2D eigenvalue weighted by Gasteiger charge is 2.04. The molecule has 0 amide bonds. The van der Waals surface area contributed by atoms with Gasteiger partial charge in [0.05, 0.1) is 18.9 Å². The van der Waals surface area contributed by atoms with Gasteiger partial charge in [-0.1, -0.05) is 10.3 Å². The van der Waals surface area contributed by atoms with Crippen LogP contribution in [0.5, 0.6) is 0 Å². The molecule has 0 aliphatic carbocycles. The van der Waals surface area contributed by atoms with Crippen LogP contribution in [0, 0.1) is 0 Å². The summed E-state index contributed by atoms with van der Waals surface area (Å²) in [6.45, 7) is 1.81. The highest BCUT2D eigenvalue weighted by atomic mass is 79.9. The molecule has 0 bridgehead atoms. The second-order valence-corrected chi connectivity index (χ2v) is 4.58. The van der Waals surface area contributed by atoms with Crippen molar-refractivity contribution in [2.45, 2.75) is 19.5 Å².